The Morgan fingerprint density at radius 2 is 1.96 bits per heavy atom. The summed E-state index contributed by atoms with van der Waals surface area (Å²) in [7, 11) is 0. The number of carbonyl (C=O) groups is 1. The highest BCUT2D eigenvalue weighted by Gasteiger charge is 2.20. The van der Waals surface area contributed by atoms with Gasteiger partial charge < -0.3 is 14.6 Å². The predicted molar refractivity (Wildman–Crippen MR) is 90.1 cm³/mol. The van der Waals surface area contributed by atoms with E-state index in [1.807, 2.05) is 43.3 Å². The minimum atomic E-state index is -1.21. The van der Waals surface area contributed by atoms with Crippen LogP contribution in [0.1, 0.15) is 41.2 Å². The van der Waals surface area contributed by atoms with Crippen LogP contribution in [0.5, 0.6) is 0 Å². The van der Waals surface area contributed by atoms with E-state index in [4.69, 9.17) is 9.47 Å². The van der Waals surface area contributed by atoms with Crippen LogP contribution in [0.3, 0.4) is 0 Å². The molecule has 2 aromatic rings. The summed E-state index contributed by atoms with van der Waals surface area (Å²) in [5, 5.41) is 10.0. The lowest BCUT2D eigenvalue weighted by molar-refractivity contribution is -0.153. The number of aliphatic hydroxyl groups is 1. The van der Waals surface area contributed by atoms with Crippen molar-refractivity contribution in [1.82, 2.24) is 0 Å². The lowest BCUT2D eigenvalue weighted by atomic mass is 10.2. The standard InChI is InChI=1S/C18H22O4S/c1-2-3-11-22-18(20)17(19)16-10-9-15(23-16)13-21-12-14-7-5-4-6-8-14/h4-10,17,19H,2-3,11-13H2,1H3/t17-/m0/s1. The highest BCUT2D eigenvalue weighted by atomic mass is 32.1. The highest BCUT2D eigenvalue weighted by Crippen LogP contribution is 2.25. The first-order chi connectivity index (χ1) is 11.2. The quantitative estimate of drug-likeness (QED) is 0.559. The molecule has 1 atom stereocenters. The van der Waals surface area contributed by atoms with Crippen molar-refractivity contribution in [3.05, 3.63) is 57.8 Å². The molecule has 0 saturated carbocycles. The second-order valence-corrected chi connectivity index (χ2v) is 6.41. The third-order valence-corrected chi connectivity index (χ3v) is 4.38. The number of hydrogen-bond donors (Lipinski definition) is 1. The fourth-order valence-corrected chi connectivity index (χ4v) is 2.90. The van der Waals surface area contributed by atoms with Gasteiger partial charge in [-0.15, -0.1) is 11.3 Å². The summed E-state index contributed by atoms with van der Waals surface area (Å²) in [6.07, 6.45) is 0.548. The summed E-state index contributed by atoms with van der Waals surface area (Å²) >= 11 is 1.37. The number of aliphatic hydroxyl groups excluding tert-OH is 1. The number of carbonyl (C=O) groups excluding carboxylic acids is 1. The van der Waals surface area contributed by atoms with E-state index in [1.54, 1.807) is 6.07 Å². The van der Waals surface area contributed by atoms with Gasteiger partial charge in [-0.05, 0) is 24.1 Å². The van der Waals surface area contributed by atoms with Gasteiger partial charge in [0.25, 0.3) is 0 Å². The van der Waals surface area contributed by atoms with Gasteiger partial charge in [0.2, 0.25) is 0 Å². The Balaban J connectivity index is 1.79. The molecule has 1 heterocycles. The Kier molecular flexibility index (Phi) is 7.26. The van der Waals surface area contributed by atoms with E-state index in [0.717, 1.165) is 23.3 Å². The molecule has 0 amide bonds. The maximum Gasteiger partial charge on any atom is 0.340 e. The molecule has 124 valence electrons. The molecule has 0 saturated heterocycles. The van der Waals surface area contributed by atoms with Gasteiger partial charge in [-0.3, -0.25) is 0 Å². The second kappa shape index (κ2) is 9.45. The highest BCUT2D eigenvalue weighted by molar-refractivity contribution is 7.12. The summed E-state index contributed by atoms with van der Waals surface area (Å²) in [4.78, 5) is 13.3. The summed E-state index contributed by atoms with van der Waals surface area (Å²) in [5.41, 5.74) is 1.11. The molecular formula is C18H22O4S. The van der Waals surface area contributed by atoms with E-state index in [-0.39, 0.29) is 0 Å². The van der Waals surface area contributed by atoms with E-state index in [9.17, 15) is 9.90 Å². The van der Waals surface area contributed by atoms with Gasteiger partial charge in [0, 0.05) is 9.75 Å². The molecule has 0 aliphatic heterocycles. The maximum absolute atomic E-state index is 11.7. The van der Waals surface area contributed by atoms with Crippen molar-refractivity contribution in [3.63, 3.8) is 0 Å². The van der Waals surface area contributed by atoms with Crippen molar-refractivity contribution in [2.45, 2.75) is 39.1 Å². The first kappa shape index (κ1) is 17.7. The third-order valence-electron chi connectivity index (χ3n) is 3.27. The van der Waals surface area contributed by atoms with E-state index in [1.165, 1.54) is 11.3 Å². The Morgan fingerprint density at radius 1 is 1.17 bits per heavy atom. The predicted octanol–water partition coefficient (Wildman–Crippen LogP) is 3.84. The van der Waals surface area contributed by atoms with Crippen LogP contribution in [0.2, 0.25) is 0 Å². The van der Waals surface area contributed by atoms with Crippen LogP contribution in [-0.2, 0) is 27.5 Å². The van der Waals surface area contributed by atoms with Crippen LogP contribution in [-0.4, -0.2) is 17.7 Å². The molecule has 0 fully saturated rings. The number of esters is 1. The molecule has 5 heteroatoms. The van der Waals surface area contributed by atoms with E-state index >= 15 is 0 Å². The minimum Gasteiger partial charge on any atom is -0.463 e. The Labute approximate surface area is 140 Å². The molecule has 0 unspecified atom stereocenters. The lowest BCUT2D eigenvalue weighted by Gasteiger charge is -2.08. The fraction of sp³-hybridized carbons (Fsp3) is 0.389. The zero-order valence-corrected chi connectivity index (χ0v) is 14.1. The topological polar surface area (TPSA) is 55.8 Å². The van der Waals surface area contributed by atoms with Gasteiger partial charge in [-0.25, -0.2) is 4.79 Å². The van der Waals surface area contributed by atoms with Crippen LogP contribution < -0.4 is 0 Å². The molecule has 2 rings (SSSR count). The van der Waals surface area contributed by atoms with E-state index < -0.39 is 12.1 Å². The SMILES string of the molecule is CCCCOC(=O)[C@@H](O)c1ccc(COCc2ccccc2)s1. The summed E-state index contributed by atoms with van der Waals surface area (Å²) < 4.78 is 10.7. The van der Waals surface area contributed by atoms with Crippen molar-refractivity contribution in [2.75, 3.05) is 6.61 Å². The second-order valence-electron chi connectivity index (χ2n) is 5.21. The summed E-state index contributed by atoms with van der Waals surface area (Å²) in [6.45, 7) is 3.36. The molecule has 0 aliphatic rings. The van der Waals surface area contributed by atoms with Crippen molar-refractivity contribution >= 4 is 17.3 Å². The van der Waals surface area contributed by atoms with Gasteiger partial charge in [0.1, 0.15) is 0 Å². The summed E-state index contributed by atoms with van der Waals surface area (Å²) in [5.74, 6) is -0.586. The molecule has 1 N–H and O–H groups in total. The average molecular weight is 334 g/mol. The number of hydrogen-bond acceptors (Lipinski definition) is 5. The van der Waals surface area contributed by atoms with E-state index in [0.29, 0.717) is 24.7 Å². The molecule has 1 aromatic carbocycles. The molecule has 1 aromatic heterocycles. The lowest BCUT2D eigenvalue weighted by Crippen LogP contribution is -2.15. The van der Waals surface area contributed by atoms with Crippen molar-refractivity contribution in [1.29, 1.82) is 0 Å². The van der Waals surface area contributed by atoms with Gasteiger partial charge in [0.15, 0.2) is 6.10 Å². The largest absolute Gasteiger partial charge is 0.463 e. The average Bonchev–Trinajstić information content (AvgIpc) is 3.04. The third kappa shape index (κ3) is 5.78. The molecule has 4 nitrogen and oxygen atoms in total. The van der Waals surface area contributed by atoms with Gasteiger partial charge in [-0.1, -0.05) is 43.7 Å². The number of unbranched alkanes of at least 4 members (excludes halogenated alkanes) is 1. The number of rotatable bonds is 9. The fourth-order valence-electron chi connectivity index (χ4n) is 1.97. The molecular weight excluding hydrogens is 312 g/mol. The zero-order chi connectivity index (χ0) is 16.5. The number of thiophene rings is 1. The van der Waals surface area contributed by atoms with Crippen molar-refractivity contribution in [2.24, 2.45) is 0 Å². The maximum atomic E-state index is 11.7. The monoisotopic (exact) mass is 334 g/mol. The number of ether oxygens (including phenoxy) is 2. The minimum absolute atomic E-state index is 0.352. The molecule has 0 bridgehead atoms. The van der Waals surface area contributed by atoms with Crippen LogP contribution in [0.25, 0.3) is 0 Å². The van der Waals surface area contributed by atoms with Crippen LogP contribution in [0.4, 0.5) is 0 Å². The van der Waals surface area contributed by atoms with Crippen LogP contribution >= 0.6 is 11.3 Å². The first-order valence-corrected chi connectivity index (χ1v) is 8.57. The normalized spacial score (nSPS) is 12.1. The van der Waals surface area contributed by atoms with Crippen molar-refractivity contribution in [3.8, 4) is 0 Å². The van der Waals surface area contributed by atoms with Crippen LogP contribution in [0, 0.1) is 0 Å². The van der Waals surface area contributed by atoms with E-state index in [2.05, 4.69) is 0 Å². The Bertz CT molecular complexity index is 594. The van der Waals surface area contributed by atoms with Gasteiger partial charge >= 0.3 is 5.97 Å². The molecule has 0 spiro atoms. The first-order valence-electron chi connectivity index (χ1n) is 7.75. The summed E-state index contributed by atoms with van der Waals surface area (Å²) in [6, 6.07) is 13.6. The molecule has 0 aliphatic carbocycles. The zero-order valence-electron chi connectivity index (χ0n) is 13.2. The number of benzene rings is 1. The Morgan fingerprint density at radius 3 is 2.70 bits per heavy atom. The molecule has 23 heavy (non-hydrogen) atoms. The van der Waals surface area contributed by atoms with Gasteiger partial charge in [0.05, 0.1) is 19.8 Å². The smallest absolute Gasteiger partial charge is 0.340 e. The Hall–Kier alpha value is -1.69. The van der Waals surface area contributed by atoms with Crippen molar-refractivity contribution < 1.29 is 19.4 Å². The molecule has 0 radical (unpaired) electrons. The van der Waals surface area contributed by atoms with Gasteiger partial charge in [-0.2, -0.15) is 0 Å². The van der Waals surface area contributed by atoms with Crippen LogP contribution in [0.15, 0.2) is 42.5 Å².